The lowest BCUT2D eigenvalue weighted by atomic mass is 9.72. The van der Waals surface area contributed by atoms with Crippen LogP contribution in [0.3, 0.4) is 0 Å². The Kier molecular flexibility index (Phi) is 5.78. The summed E-state index contributed by atoms with van der Waals surface area (Å²) in [5.41, 5.74) is 0.836. The highest BCUT2D eigenvalue weighted by Crippen LogP contribution is 2.42. The normalized spacial score (nSPS) is 27.6. The second-order valence-corrected chi connectivity index (χ2v) is 7.12. The van der Waals surface area contributed by atoms with Crippen LogP contribution in [0.2, 0.25) is 0 Å². The van der Waals surface area contributed by atoms with Crippen molar-refractivity contribution in [1.82, 2.24) is 5.32 Å². The van der Waals surface area contributed by atoms with Crippen LogP contribution in [0.4, 0.5) is 8.78 Å². The maximum Gasteiger partial charge on any atom is 0.173 e. The first-order chi connectivity index (χ1) is 9.95. The molecule has 1 nitrogen and oxygen atoms in total. The monoisotopic (exact) mass is 359 g/mol. The van der Waals surface area contributed by atoms with Gasteiger partial charge in [0.25, 0.3) is 0 Å². The smallest absolute Gasteiger partial charge is 0.173 e. The molecule has 4 heteroatoms. The van der Waals surface area contributed by atoms with Gasteiger partial charge < -0.3 is 5.32 Å². The first-order valence-corrected chi connectivity index (χ1v) is 8.61. The SMILES string of the molecule is CCNC(c1ccc(F)c(F)c1Br)C1CCC(C)C(C)C1. The number of hydrogen-bond acceptors (Lipinski definition) is 1. The topological polar surface area (TPSA) is 12.0 Å². The highest BCUT2D eigenvalue weighted by molar-refractivity contribution is 9.10. The maximum atomic E-state index is 13.8. The van der Waals surface area contributed by atoms with E-state index in [9.17, 15) is 8.78 Å². The summed E-state index contributed by atoms with van der Waals surface area (Å²) in [5.74, 6) is 0.308. The molecule has 1 N–H and O–H groups in total. The minimum absolute atomic E-state index is 0.0782. The summed E-state index contributed by atoms with van der Waals surface area (Å²) in [5, 5.41) is 3.47. The molecule has 0 spiro atoms. The van der Waals surface area contributed by atoms with Gasteiger partial charge in [0, 0.05) is 6.04 Å². The molecule has 2 rings (SSSR count). The van der Waals surface area contributed by atoms with Gasteiger partial charge in [-0.05, 0) is 64.7 Å². The summed E-state index contributed by atoms with van der Waals surface area (Å²) < 4.78 is 27.5. The van der Waals surface area contributed by atoms with Gasteiger partial charge in [-0.3, -0.25) is 0 Å². The van der Waals surface area contributed by atoms with E-state index in [1.165, 1.54) is 12.5 Å². The lowest BCUT2D eigenvalue weighted by Gasteiger charge is -2.37. The molecule has 0 heterocycles. The largest absolute Gasteiger partial charge is 0.310 e. The fourth-order valence-electron chi connectivity index (χ4n) is 3.42. The minimum Gasteiger partial charge on any atom is -0.310 e. The Morgan fingerprint density at radius 2 is 1.95 bits per heavy atom. The van der Waals surface area contributed by atoms with Crippen molar-refractivity contribution < 1.29 is 8.78 Å². The first kappa shape index (κ1) is 16.9. The number of benzene rings is 1. The van der Waals surface area contributed by atoms with E-state index in [2.05, 4.69) is 42.0 Å². The van der Waals surface area contributed by atoms with Gasteiger partial charge in [0.1, 0.15) is 0 Å². The zero-order chi connectivity index (χ0) is 15.6. The van der Waals surface area contributed by atoms with Crippen molar-refractivity contribution in [3.05, 3.63) is 33.8 Å². The molecule has 0 aliphatic heterocycles. The molecule has 21 heavy (non-hydrogen) atoms. The van der Waals surface area contributed by atoms with E-state index in [1.54, 1.807) is 6.07 Å². The highest BCUT2D eigenvalue weighted by Gasteiger charge is 2.32. The fourth-order valence-corrected chi connectivity index (χ4v) is 3.99. The van der Waals surface area contributed by atoms with E-state index in [0.29, 0.717) is 11.8 Å². The quantitative estimate of drug-likeness (QED) is 0.704. The molecule has 4 unspecified atom stereocenters. The fraction of sp³-hybridized carbons (Fsp3) is 0.647. The molecular formula is C17H24BrF2N. The zero-order valence-corrected chi connectivity index (χ0v) is 14.5. The summed E-state index contributed by atoms with van der Waals surface area (Å²) in [7, 11) is 0. The summed E-state index contributed by atoms with van der Waals surface area (Å²) in [6.07, 6.45) is 3.47. The Morgan fingerprint density at radius 1 is 1.24 bits per heavy atom. The first-order valence-electron chi connectivity index (χ1n) is 7.82. The lowest BCUT2D eigenvalue weighted by Crippen LogP contribution is -2.33. The molecule has 1 aliphatic carbocycles. The summed E-state index contributed by atoms with van der Waals surface area (Å²) in [6.45, 7) is 7.46. The second-order valence-electron chi connectivity index (χ2n) is 6.33. The minimum atomic E-state index is -0.800. The molecule has 0 radical (unpaired) electrons. The lowest BCUT2D eigenvalue weighted by molar-refractivity contribution is 0.171. The predicted molar refractivity (Wildman–Crippen MR) is 86.1 cm³/mol. The van der Waals surface area contributed by atoms with Gasteiger partial charge in [-0.25, -0.2) is 8.78 Å². The van der Waals surface area contributed by atoms with E-state index in [0.717, 1.165) is 30.9 Å². The highest BCUT2D eigenvalue weighted by atomic mass is 79.9. The molecule has 1 aromatic carbocycles. The second kappa shape index (κ2) is 7.19. The third-order valence-corrected chi connectivity index (χ3v) is 5.74. The third kappa shape index (κ3) is 3.65. The molecular weight excluding hydrogens is 336 g/mol. The van der Waals surface area contributed by atoms with Gasteiger partial charge in [-0.1, -0.05) is 33.3 Å². The number of halogens is 3. The average molecular weight is 360 g/mol. The van der Waals surface area contributed by atoms with Crippen molar-refractivity contribution in [2.45, 2.75) is 46.1 Å². The van der Waals surface area contributed by atoms with E-state index >= 15 is 0 Å². The van der Waals surface area contributed by atoms with Crippen LogP contribution in [0.5, 0.6) is 0 Å². The molecule has 1 fully saturated rings. The van der Waals surface area contributed by atoms with Crippen molar-refractivity contribution in [1.29, 1.82) is 0 Å². The molecule has 0 bridgehead atoms. The van der Waals surface area contributed by atoms with Crippen LogP contribution in [0.1, 0.15) is 51.6 Å². The molecule has 0 saturated heterocycles. The van der Waals surface area contributed by atoms with Crippen LogP contribution in [0.25, 0.3) is 0 Å². The van der Waals surface area contributed by atoms with E-state index in [-0.39, 0.29) is 10.5 Å². The Bertz CT molecular complexity index is 492. The predicted octanol–water partition coefficient (Wildman–Crippen LogP) is 5.45. The van der Waals surface area contributed by atoms with Crippen molar-refractivity contribution in [2.24, 2.45) is 17.8 Å². The van der Waals surface area contributed by atoms with Gasteiger partial charge in [0.05, 0.1) is 4.47 Å². The van der Waals surface area contributed by atoms with Crippen LogP contribution >= 0.6 is 15.9 Å². The molecule has 1 aromatic rings. The van der Waals surface area contributed by atoms with Crippen molar-refractivity contribution in [3.8, 4) is 0 Å². The molecule has 118 valence electrons. The van der Waals surface area contributed by atoms with Crippen LogP contribution in [0.15, 0.2) is 16.6 Å². The summed E-state index contributed by atoms with van der Waals surface area (Å²) >= 11 is 3.24. The van der Waals surface area contributed by atoms with Crippen LogP contribution < -0.4 is 5.32 Å². The summed E-state index contributed by atoms with van der Waals surface area (Å²) in [6, 6.07) is 3.02. The van der Waals surface area contributed by atoms with E-state index < -0.39 is 11.6 Å². The molecule has 4 atom stereocenters. The van der Waals surface area contributed by atoms with Gasteiger partial charge in [-0.2, -0.15) is 0 Å². The third-order valence-electron chi connectivity index (χ3n) is 4.93. The van der Waals surface area contributed by atoms with E-state index in [1.807, 2.05) is 0 Å². The standard InChI is InChI=1S/C17H24BrF2N/c1-4-21-17(12-6-5-10(2)11(3)9-12)13-7-8-14(19)16(20)15(13)18/h7-8,10-12,17,21H,4-6,9H2,1-3H3. The Hall–Kier alpha value is -0.480. The molecule has 1 saturated carbocycles. The molecule has 1 aliphatic rings. The maximum absolute atomic E-state index is 13.8. The van der Waals surface area contributed by atoms with Crippen LogP contribution in [-0.4, -0.2) is 6.54 Å². The van der Waals surface area contributed by atoms with Crippen molar-refractivity contribution >= 4 is 15.9 Å². The number of nitrogens with one attached hydrogen (secondary N) is 1. The Labute approximate surface area is 134 Å². The van der Waals surface area contributed by atoms with Gasteiger partial charge >= 0.3 is 0 Å². The van der Waals surface area contributed by atoms with E-state index in [4.69, 9.17) is 0 Å². The number of rotatable bonds is 4. The van der Waals surface area contributed by atoms with Crippen LogP contribution in [-0.2, 0) is 0 Å². The Morgan fingerprint density at radius 3 is 2.57 bits per heavy atom. The van der Waals surface area contributed by atoms with Crippen molar-refractivity contribution in [2.75, 3.05) is 6.54 Å². The molecule has 0 amide bonds. The van der Waals surface area contributed by atoms with Gasteiger partial charge in [0.2, 0.25) is 0 Å². The zero-order valence-electron chi connectivity index (χ0n) is 12.9. The van der Waals surface area contributed by atoms with Gasteiger partial charge in [-0.15, -0.1) is 0 Å². The van der Waals surface area contributed by atoms with Gasteiger partial charge in [0.15, 0.2) is 11.6 Å². The molecule has 0 aromatic heterocycles. The average Bonchev–Trinajstić information content (AvgIpc) is 2.46. The Balaban J connectivity index is 2.29. The van der Waals surface area contributed by atoms with Crippen molar-refractivity contribution in [3.63, 3.8) is 0 Å². The van der Waals surface area contributed by atoms with Crippen LogP contribution in [0, 0.1) is 29.4 Å². The number of hydrogen-bond donors (Lipinski definition) is 1. The summed E-state index contributed by atoms with van der Waals surface area (Å²) in [4.78, 5) is 0.